The third-order valence-corrected chi connectivity index (χ3v) is 3.42. The van der Waals surface area contributed by atoms with Crippen molar-refractivity contribution in [2.24, 2.45) is 11.3 Å². The molecular formula is C9H18N2. The van der Waals surface area contributed by atoms with Gasteiger partial charge in [0.25, 0.3) is 0 Å². The van der Waals surface area contributed by atoms with Gasteiger partial charge in [0.1, 0.15) is 0 Å². The molecule has 0 bridgehead atoms. The quantitative estimate of drug-likeness (QED) is 0.593. The number of hydrogen-bond acceptors (Lipinski definition) is 2. The maximum Gasteiger partial charge on any atom is 0.00511 e. The van der Waals surface area contributed by atoms with Crippen LogP contribution < -0.4 is 5.32 Å². The van der Waals surface area contributed by atoms with Gasteiger partial charge in [0, 0.05) is 19.6 Å². The van der Waals surface area contributed by atoms with Crippen molar-refractivity contribution in [3.8, 4) is 0 Å². The van der Waals surface area contributed by atoms with Gasteiger partial charge in [-0.05, 0) is 24.4 Å². The molecule has 0 radical (unpaired) electrons. The molecular weight excluding hydrogens is 136 g/mol. The van der Waals surface area contributed by atoms with Crippen molar-refractivity contribution in [3.05, 3.63) is 0 Å². The number of rotatable bonds is 1. The summed E-state index contributed by atoms with van der Waals surface area (Å²) in [4.78, 5) is 2.57. The highest BCUT2D eigenvalue weighted by molar-refractivity contribution is 4.99. The van der Waals surface area contributed by atoms with Gasteiger partial charge in [-0.25, -0.2) is 0 Å². The molecule has 2 rings (SSSR count). The number of nitrogens with one attached hydrogen (secondary N) is 1. The molecule has 0 spiro atoms. The molecule has 2 fully saturated rings. The average molecular weight is 154 g/mol. The predicted molar refractivity (Wildman–Crippen MR) is 46.6 cm³/mol. The molecule has 1 N–H and O–H groups in total. The molecule has 64 valence electrons. The fourth-order valence-electron chi connectivity index (χ4n) is 2.52. The minimum atomic E-state index is 0.593. The second-order valence-corrected chi connectivity index (χ2v) is 4.31. The van der Waals surface area contributed by atoms with E-state index in [-0.39, 0.29) is 0 Å². The molecule has 0 saturated carbocycles. The summed E-state index contributed by atoms with van der Waals surface area (Å²) in [7, 11) is 0. The number of hydrogen-bond donors (Lipinski definition) is 1. The number of nitrogens with zero attached hydrogens (tertiary/aromatic N) is 1. The second-order valence-electron chi connectivity index (χ2n) is 4.31. The Morgan fingerprint density at radius 3 is 3.09 bits per heavy atom. The summed E-state index contributed by atoms with van der Waals surface area (Å²) in [6, 6.07) is 0. The Hall–Kier alpha value is -0.0800. The van der Waals surface area contributed by atoms with Crippen LogP contribution >= 0.6 is 0 Å². The van der Waals surface area contributed by atoms with Crippen LogP contribution in [-0.4, -0.2) is 37.6 Å². The fraction of sp³-hybridized carbons (Fsp3) is 1.00. The van der Waals surface area contributed by atoms with Gasteiger partial charge in [-0.15, -0.1) is 0 Å². The lowest BCUT2D eigenvalue weighted by Gasteiger charge is -2.21. The monoisotopic (exact) mass is 154 g/mol. The van der Waals surface area contributed by atoms with Crippen LogP contribution in [0.25, 0.3) is 0 Å². The Balaban J connectivity index is 2.06. The van der Waals surface area contributed by atoms with Crippen molar-refractivity contribution < 1.29 is 0 Å². The van der Waals surface area contributed by atoms with Crippen LogP contribution in [-0.2, 0) is 0 Å². The first-order valence-corrected chi connectivity index (χ1v) is 4.68. The molecule has 11 heavy (non-hydrogen) atoms. The Bertz CT molecular complexity index is 158. The van der Waals surface area contributed by atoms with Crippen molar-refractivity contribution in [2.45, 2.75) is 13.8 Å². The molecule has 2 heteroatoms. The fourth-order valence-corrected chi connectivity index (χ4v) is 2.52. The lowest BCUT2D eigenvalue weighted by atomic mass is 9.83. The van der Waals surface area contributed by atoms with Crippen LogP contribution in [0.3, 0.4) is 0 Å². The molecule has 0 unspecified atom stereocenters. The molecule has 2 aliphatic rings. The van der Waals surface area contributed by atoms with Crippen molar-refractivity contribution in [3.63, 3.8) is 0 Å². The van der Waals surface area contributed by atoms with Crippen molar-refractivity contribution in [2.75, 3.05) is 32.7 Å². The first-order valence-electron chi connectivity index (χ1n) is 4.68. The van der Waals surface area contributed by atoms with E-state index >= 15 is 0 Å². The molecule has 2 atom stereocenters. The Kier molecular flexibility index (Phi) is 1.69. The number of fused-ring (bicyclic) bond motifs is 1. The molecule has 2 heterocycles. The minimum absolute atomic E-state index is 0.593. The zero-order chi connectivity index (χ0) is 7.90. The topological polar surface area (TPSA) is 15.3 Å². The normalized spacial score (nSPS) is 44.7. The van der Waals surface area contributed by atoms with Crippen LogP contribution in [0.2, 0.25) is 0 Å². The summed E-state index contributed by atoms with van der Waals surface area (Å²) in [5, 5.41) is 3.48. The largest absolute Gasteiger partial charge is 0.316 e. The molecule has 0 aromatic rings. The third-order valence-electron chi connectivity index (χ3n) is 3.42. The zero-order valence-corrected chi connectivity index (χ0v) is 7.56. The lowest BCUT2D eigenvalue weighted by Crippen LogP contribution is -2.29. The number of likely N-dealkylation sites (tertiary alicyclic amines) is 1. The molecule has 2 saturated heterocycles. The van der Waals surface area contributed by atoms with Crippen molar-refractivity contribution in [1.82, 2.24) is 10.2 Å². The van der Waals surface area contributed by atoms with Crippen molar-refractivity contribution in [1.29, 1.82) is 0 Å². The average Bonchev–Trinajstić information content (AvgIpc) is 2.42. The molecule has 2 aliphatic heterocycles. The predicted octanol–water partition coefficient (Wildman–Crippen LogP) is 0.548. The van der Waals surface area contributed by atoms with Gasteiger partial charge < -0.3 is 10.2 Å². The van der Waals surface area contributed by atoms with Gasteiger partial charge in [-0.1, -0.05) is 13.8 Å². The maximum absolute atomic E-state index is 3.48. The molecule has 0 amide bonds. The molecule has 2 nitrogen and oxygen atoms in total. The summed E-state index contributed by atoms with van der Waals surface area (Å²) in [5.74, 6) is 0.919. The molecule has 0 aliphatic carbocycles. The van der Waals surface area contributed by atoms with Crippen molar-refractivity contribution >= 4 is 0 Å². The van der Waals surface area contributed by atoms with Crippen LogP contribution in [0, 0.1) is 11.3 Å². The van der Waals surface area contributed by atoms with Gasteiger partial charge in [-0.2, -0.15) is 0 Å². The minimum Gasteiger partial charge on any atom is -0.316 e. The third kappa shape index (κ3) is 1.09. The van der Waals surface area contributed by atoms with Gasteiger partial charge in [0.2, 0.25) is 0 Å². The van der Waals surface area contributed by atoms with E-state index < -0.39 is 0 Å². The second kappa shape index (κ2) is 2.46. The van der Waals surface area contributed by atoms with Crippen LogP contribution in [0.5, 0.6) is 0 Å². The highest BCUT2D eigenvalue weighted by Crippen LogP contribution is 2.37. The Labute approximate surface area is 69.0 Å². The van der Waals surface area contributed by atoms with E-state index in [2.05, 4.69) is 24.1 Å². The van der Waals surface area contributed by atoms with Gasteiger partial charge in [0.15, 0.2) is 0 Å². The Morgan fingerprint density at radius 2 is 2.45 bits per heavy atom. The van der Waals surface area contributed by atoms with Crippen LogP contribution in [0.15, 0.2) is 0 Å². The van der Waals surface area contributed by atoms with E-state index in [9.17, 15) is 0 Å². The highest BCUT2D eigenvalue weighted by atomic mass is 15.2. The SMILES string of the molecule is CCN1C[C@H]2CNC[C@@]2(C)C1. The van der Waals surface area contributed by atoms with E-state index in [0.29, 0.717) is 5.41 Å². The van der Waals surface area contributed by atoms with Gasteiger partial charge in [0.05, 0.1) is 0 Å². The Morgan fingerprint density at radius 1 is 1.64 bits per heavy atom. The van der Waals surface area contributed by atoms with Crippen LogP contribution in [0.4, 0.5) is 0 Å². The van der Waals surface area contributed by atoms with E-state index in [0.717, 1.165) is 5.92 Å². The first-order chi connectivity index (χ1) is 5.24. The standard InChI is InChI=1S/C9H18N2/c1-3-11-5-8-4-10-6-9(8,2)7-11/h8,10H,3-7H2,1-2H3/t8-,9+/m1/s1. The van der Waals surface area contributed by atoms with Crippen LogP contribution in [0.1, 0.15) is 13.8 Å². The van der Waals surface area contributed by atoms with E-state index in [4.69, 9.17) is 0 Å². The van der Waals surface area contributed by atoms with Gasteiger partial charge >= 0.3 is 0 Å². The molecule has 0 aromatic heterocycles. The summed E-state index contributed by atoms with van der Waals surface area (Å²) < 4.78 is 0. The lowest BCUT2D eigenvalue weighted by molar-refractivity contribution is 0.288. The summed E-state index contributed by atoms with van der Waals surface area (Å²) in [6.45, 7) is 11.0. The smallest absolute Gasteiger partial charge is 0.00511 e. The maximum atomic E-state index is 3.48. The van der Waals surface area contributed by atoms with E-state index in [1.54, 1.807) is 0 Å². The molecule has 0 aromatic carbocycles. The first kappa shape index (κ1) is 7.56. The van der Waals surface area contributed by atoms with Gasteiger partial charge in [-0.3, -0.25) is 0 Å². The van der Waals surface area contributed by atoms with E-state index in [1.807, 2.05) is 0 Å². The van der Waals surface area contributed by atoms with E-state index in [1.165, 1.54) is 32.7 Å². The highest BCUT2D eigenvalue weighted by Gasteiger charge is 2.45. The summed E-state index contributed by atoms with van der Waals surface area (Å²) >= 11 is 0. The summed E-state index contributed by atoms with van der Waals surface area (Å²) in [5.41, 5.74) is 0.593. The summed E-state index contributed by atoms with van der Waals surface area (Å²) in [6.07, 6.45) is 0. The zero-order valence-electron chi connectivity index (χ0n) is 7.56.